The second-order valence-corrected chi connectivity index (χ2v) is 8.90. The van der Waals surface area contributed by atoms with Crippen LogP contribution in [-0.4, -0.2) is 53.5 Å². The Bertz CT molecular complexity index is 861. The smallest absolute Gasteiger partial charge is 0.130 e. The summed E-state index contributed by atoms with van der Waals surface area (Å²) in [5, 5.41) is 7.05. The van der Waals surface area contributed by atoms with Crippen LogP contribution in [0, 0.1) is 11.8 Å². The number of nitrogens with one attached hydrogen (secondary N) is 2. The normalized spacial score (nSPS) is 22.4. The molecular weight excluding hydrogens is 388 g/mol. The highest BCUT2D eigenvalue weighted by Gasteiger charge is 2.21. The average molecular weight is 423 g/mol. The summed E-state index contributed by atoms with van der Waals surface area (Å²) in [4.78, 5) is 18.0. The van der Waals surface area contributed by atoms with Crippen LogP contribution < -0.4 is 10.6 Å². The number of anilines is 2. The second-order valence-electron chi connectivity index (χ2n) is 8.90. The largest absolute Gasteiger partial charge is 0.382 e. The molecule has 0 bridgehead atoms. The summed E-state index contributed by atoms with van der Waals surface area (Å²) in [6, 6.07) is 6.79. The van der Waals surface area contributed by atoms with Crippen LogP contribution in [0.15, 0.2) is 35.7 Å². The lowest BCUT2D eigenvalue weighted by molar-refractivity contribution is 0.186. The van der Waals surface area contributed by atoms with Gasteiger partial charge in [-0.25, -0.2) is 15.0 Å². The van der Waals surface area contributed by atoms with E-state index in [1.165, 1.54) is 12.8 Å². The molecule has 2 saturated carbocycles. The number of aromatic nitrogens is 3. The minimum Gasteiger partial charge on any atom is -0.382 e. The highest BCUT2D eigenvalue weighted by Crippen LogP contribution is 2.29. The molecule has 2 aliphatic carbocycles. The summed E-state index contributed by atoms with van der Waals surface area (Å²) in [5.74, 6) is 3.18. The first kappa shape index (κ1) is 21.7. The van der Waals surface area contributed by atoms with Crippen molar-refractivity contribution in [3.63, 3.8) is 0 Å². The van der Waals surface area contributed by atoms with E-state index in [1.54, 1.807) is 13.4 Å². The van der Waals surface area contributed by atoms with Gasteiger partial charge < -0.3 is 15.4 Å². The molecule has 1 atom stereocenters. The van der Waals surface area contributed by atoms with Crippen molar-refractivity contribution >= 4 is 17.9 Å². The molecule has 0 unspecified atom stereocenters. The zero-order chi connectivity index (χ0) is 21.5. The molecule has 0 aliphatic heterocycles. The van der Waals surface area contributed by atoms with Crippen LogP contribution in [-0.2, 0) is 4.74 Å². The number of pyridine rings is 1. The van der Waals surface area contributed by atoms with Crippen LogP contribution in [0.25, 0.3) is 11.3 Å². The molecule has 2 aromatic heterocycles. The van der Waals surface area contributed by atoms with Crippen molar-refractivity contribution in [2.24, 2.45) is 16.8 Å². The maximum atomic E-state index is 5.16. The third-order valence-corrected chi connectivity index (χ3v) is 6.07. The standard InChI is InChI=1S/C24H34N6O/c1-17(15-31-2)26-13-19-5-7-21(8-6-19)30-24-12-22(28-16-29-24)20-9-10-25-23(11-20)27-14-18-3-4-18/h9-13,16-19,21H,3-8,14-15H2,1-2H3,(H,25,27)(H,28,29,30)/t17-,19?,21?/m1/s1. The molecule has 2 N–H and O–H groups in total. The summed E-state index contributed by atoms with van der Waals surface area (Å²) in [6.07, 6.45) is 12.8. The predicted molar refractivity (Wildman–Crippen MR) is 126 cm³/mol. The Hall–Kier alpha value is -2.54. The molecule has 0 aromatic carbocycles. The van der Waals surface area contributed by atoms with Crippen molar-refractivity contribution in [2.45, 2.75) is 57.5 Å². The first-order valence-electron chi connectivity index (χ1n) is 11.5. The number of methoxy groups -OCH3 is 1. The van der Waals surface area contributed by atoms with Crippen molar-refractivity contribution in [1.82, 2.24) is 15.0 Å². The molecule has 2 fully saturated rings. The van der Waals surface area contributed by atoms with Gasteiger partial charge in [0.05, 0.1) is 18.3 Å². The molecule has 7 heteroatoms. The van der Waals surface area contributed by atoms with Crippen molar-refractivity contribution in [2.75, 3.05) is 30.9 Å². The maximum absolute atomic E-state index is 5.16. The van der Waals surface area contributed by atoms with Gasteiger partial charge in [-0.05, 0) is 69.4 Å². The molecule has 7 nitrogen and oxygen atoms in total. The van der Waals surface area contributed by atoms with Crippen molar-refractivity contribution < 1.29 is 4.74 Å². The van der Waals surface area contributed by atoms with E-state index in [9.17, 15) is 0 Å². The minimum absolute atomic E-state index is 0.234. The zero-order valence-corrected chi connectivity index (χ0v) is 18.6. The van der Waals surface area contributed by atoms with Crippen LogP contribution in [0.1, 0.15) is 45.4 Å². The number of rotatable bonds is 10. The van der Waals surface area contributed by atoms with Gasteiger partial charge in [-0.3, -0.25) is 4.99 Å². The summed E-state index contributed by atoms with van der Waals surface area (Å²) in [5.41, 5.74) is 1.98. The molecule has 166 valence electrons. The Kier molecular flexibility index (Phi) is 7.46. The van der Waals surface area contributed by atoms with Crippen molar-refractivity contribution in [3.8, 4) is 11.3 Å². The van der Waals surface area contributed by atoms with E-state index in [-0.39, 0.29) is 6.04 Å². The molecule has 31 heavy (non-hydrogen) atoms. The fourth-order valence-electron chi connectivity index (χ4n) is 4.03. The molecule has 2 aliphatic rings. The highest BCUT2D eigenvalue weighted by atomic mass is 16.5. The summed E-state index contributed by atoms with van der Waals surface area (Å²) in [7, 11) is 1.72. The third-order valence-electron chi connectivity index (χ3n) is 6.07. The topological polar surface area (TPSA) is 84.3 Å². The van der Waals surface area contributed by atoms with Crippen LogP contribution in [0.2, 0.25) is 0 Å². The van der Waals surface area contributed by atoms with Gasteiger partial charge in [0.15, 0.2) is 0 Å². The minimum atomic E-state index is 0.234. The Balaban J connectivity index is 1.30. The van der Waals surface area contributed by atoms with E-state index in [4.69, 9.17) is 4.74 Å². The summed E-state index contributed by atoms with van der Waals surface area (Å²) in [6.45, 7) is 3.78. The van der Waals surface area contributed by atoms with E-state index >= 15 is 0 Å². The van der Waals surface area contributed by atoms with Crippen molar-refractivity contribution in [3.05, 3.63) is 30.7 Å². The SMILES string of the molecule is COC[C@@H](C)N=CC1CCC(Nc2cc(-c3ccnc(NCC4CC4)c3)ncn2)CC1. The fourth-order valence-corrected chi connectivity index (χ4v) is 4.03. The number of hydrogen-bond donors (Lipinski definition) is 2. The van der Waals surface area contributed by atoms with Gasteiger partial charge in [0.1, 0.15) is 18.0 Å². The number of nitrogens with zero attached hydrogens (tertiary/aromatic N) is 4. The van der Waals surface area contributed by atoms with Crippen molar-refractivity contribution in [1.29, 1.82) is 0 Å². The molecule has 0 spiro atoms. The van der Waals surface area contributed by atoms with E-state index in [2.05, 4.69) is 49.8 Å². The Labute approximate surface area is 185 Å². The molecule has 4 rings (SSSR count). The monoisotopic (exact) mass is 422 g/mol. The molecule has 0 radical (unpaired) electrons. The summed E-state index contributed by atoms with van der Waals surface area (Å²) >= 11 is 0. The van der Waals surface area contributed by atoms with Crippen LogP contribution in [0.3, 0.4) is 0 Å². The lowest BCUT2D eigenvalue weighted by Crippen LogP contribution is -2.27. The third kappa shape index (κ3) is 6.72. The van der Waals surface area contributed by atoms with E-state index in [1.807, 2.05) is 18.3 Å². The number of aliphatic imine (C=N–C) groups is 1. The first-order chi connectivity index (χ1) is 15.2. The summed E-state index contributed by atoms with van der Waals surface area (Å²) < 4.78 is 5.16. The second kappa shape index (κ2) is 10.7. The number of hydrogen-bond acceptors (Lipinski definition) is 7. The zero-order valence-electron chi connectivity index (χ0n) is 18.6. The Morgan fingerprint density at radius 3 is 2.71 bits per heavy atom. The highest BCUT2D eigenvalue weighted by molar-refractivity contribution is 5.65. The van der Waals surface area contributed by atoms with Gasteiger partial charge in [-0.1, -0.05) is 0 Å². The molecule has 2 aromatic rings. The Morgan fingerprint density at radius 2 is 1.94 bits per heavy atom. The van der Waals surface area contributed by atoms with E-state index in [0.717, 1.165) is 61.0 Å². The van der Waals surface area contributed by atoms with Gasteiger partial charge in [0.2, 0.25) is 0 Å². The molecule has 0 amide bonds. The van der Waals surface area contributed by atoms with Gasteiger partial charge >= 0.3 is 0 Å². The first-order valence-corrected chi connectivity index (χ1v) is 11.5. The van der Waals surface area contributed by atoms with Crippen LogP contribution in [0.5, 0.6) is 0 Å². The van der Waals surface area contributed by atoms with Crippen LogP contribution in [0.4, 0.5) is 11.6 Å². The van der Waals surface area contributed by atoms with E-state index < -0.39 is 0 Å². The Morgan fingerprint density at radius 1 is 1.10 bits per heavy atom. The van der Waals surface area contributed by atoms with E-state index in [0.29, 0.717) is 18.6 Å². The van der Waals surface area contributed by atoms with Gasteiger partial charge in [-0.2, -0.15) is 0 Å². The van der Waals surface area contributed by atoms with Crippen LogP contribution >= 0.6 is 0 Å². The predicted octanol–water partition coefficient (Wildman–Crippen LogP) is 4.44. The average Bonchev–Trinajstić information content (AvgIpc) is 3.63. The molecule has 2 heterocycles. The quantitative estimate of drug-likeness (QED) is 0.551. The lowest BCUT2D eigenvalue weighted by atomic mass is 9.86. The molecule has 0 saturated heterocycles. The maximum Gasteiger partial charge on any atom is 0.130 e. The molecular formula is C24H34N6O. The lowest BCUT2D eigenvalue weighted by Gasteiger charge is -2.27. The fraction of sp³-hybridized carbons (Fsp3) is 0.583. The van der Waals surface area contributed by atoms with Gasteiger partial charge in [0.25, 0.3) is 0 Å². The number of ether oxygens (including phenoxy) is 1. The van der Waals surface area contributed by atoms with Gasteiger partial charge in [0, 0.05) is 43.7 Å². The van der Waals surface area contributed by atoms with Gasteiger partial charge in [-0.15, -0.1) is 0 Å².